The average molecular weight is 385 g/mol. The van der Waals surface area contributed by atoms with Crippen LogP contribution >= 0.6 is 0 Å². The number of hydrazone groups is 1. The van der Waals surface area contributed by atoms with Crippen molar-refractivity contribution in [3.05, 3.63) is 93.9 Å². The van der Waals surface area contributed by atoms with Gasteiger partial charge in [0.25, 0.3) is 0 Å². The van der Waals surface area contributed by atoms with Gasteiger partial charge in [0.2, 0.25) is 5.82 Å². The Morgan fingerprint density at radius 1 is 1.07 bits per heavy atom. The SMILES string of the molecule is Cc1cc(/C=N\Nc2ncccc2[N+](=O)[O-])c(C)n1-c1ccc2ccccc2c1. The van der Waals surface area contributed by atoms with Crippen LogP contribution in [-0.2, 0) is 0 Å². The van der Waals surface area contributed by atoms with Crippen LogP contribution in [0.5, 0.6) is 0 Å². The van der Waals surface area contributed by atoms with Crippen molar-refractivity contribution in [3.8, 4) is 5.69 Å². The molecule has 4 aromatic rings. The Labute approximate surface area is 167 Å². The molecule has 7 heteroatoms. The molecule has 0 saturated heterocycles. The van der Waals surface area contributed by atoms with E-state index in [9.17, 15) is 10.1 Å². The molecule has 0 aliphatic heterocycles. The topological polar surface area (TPSA) is 85.3 Å². The van der Waals surface area contributed by atoms with Gasteiger partial charge in [-0.1, -0.05) is 30.3 Å². The van der Waals surface area contributed by atoms with Gasteiger partial charge in [0.15, 0.2) is 0 Å². The summed E-state index contributed by atoms with van der Waals surface area (Å²) in [6.07, 6.45) is 3.13. The van der Waals surface area contributed by atoms with Gasteiger partial charge in [0.05, 0.1) is 11.1 Å². The lowest BCUT2D eigenvalue weighted by molar-refractivity contribution is -0.384. The van der Waals surface area contributed by atoms with E-state index in [1.807, 2.05) is 32.0 Å². The second-order valence-corrected chi connectivity index (χ2v) is 6.69. The van der Waals surface area contributed by atoms with Gasteiger partial charge in [0, 0.05) is 34.9 Å². The predicted molar refractivity (Wildman–Crippen MR) is 115 cm³/mol. The summed E-state index contributed by atoms with van der Waals surface area (Å²) in [5.74, 6) is 0.108. The van der Waals surface area contributed by atoms with E-state index in [0.29, 0.717) is 0 Å². The Hall–Kier alpha value is -4.00. The van der Waals surface area contributed by atoms with E-state index in [1.54, 1.807) is 6.21 Å². The van der Waals surface area contributed by atoms with Crippen molar-refractivity contribution in [2.24, 2.45) is 5.10 Å². The number of hydrogen-bond donors (Lipinski definition) is 1. The Morgan fingerprint density at radius 2 is 1.86 bits per heavy atom. The lowest BCUT2D eigenvalue weighted by Crippen LogP contribution is -2.01. The molecule has 2 aromatic heterocycles. The quantitative estimate of drug-likeness (QED) is 0.298. The molecule has 2 heterocycles. The zero-order valence-electron chi connectivity index (χ0n) is 16.0. The lowest BCUT2D eigenvalue weighted by Gasteiger charge is -2.11. The van der Waals surface area contributed by atoms with E-state index >= 15 is 0 Å². The Bertz CT molecular complexity index is 1240. The van der Waals surface area contributed by atoms with Gasteiger partial charge in [-0.05, 0) is 48.9 Å². The molecule has 0 saturated carbocycles. The van der Waals surface area contributed by atoms with Gasteiger partial charge in [0.1, 0.15) is 0 Å². The van der Waals surface area contributed by atoms with E-state index in [0.717, 1.165) is 22.6 Å². The number of nitrogens with zero attached hydrogens (tertiary/aromatic N) is 4. The van der Waals surface area contributed by atoms with Crippen molar-refractivity contribution in [1.82, 2.24) is 9.55 Å². The van der Waals surface area contributed by atoms with Crippen LogP contribution in [0, 0.1) is 24.0 Å². The first-order chi connectivity index (χ1) is 14.0. The van der Waals surface area contributed by atoms with E-state index in [4.69, 9.17) is 0 Å². The minimum absolute atomic E-state index is 0.108. The van der Waals surface area contributed by atoms with E-state index < -0.39 is 4.92 Å². The molecule has 0 radical (unpaired) electrons. The highest BCUT2D eigenvalue weighted by molar-refractivity contribution is 5.86. The van der Waals surface area contributed by atoms with Gasteiger partial charge in [-0.3, -0.25) is 15.5 Å². The number of nitrogens with one attached hydrogen (secondary N) is 1. The molecule has 0 fully saturated rings. The van der Waals surface area contributed by atoms with Crippen LogP contribution < -0.4 is 5.43 Å². The van der Waals surface area contributed by atoms with Crippen molar-refractivity contribution in [1.29, 1.82) is 0 Å². The summed E-state index contributed by atoms with van der Waals surface area (Å²) < 4.78 is 2.16. The molecule has 2 aromatic carbocycles. The van der Waals surface area contributed by atoms with E-state index in [2.05, 4.69) is 50.4 Å². The van der Waals surface area contributed by atoms with E-state index in [-0.39, 0.29) is 11.5 Å². The number of rotatable bonds is 5. The van der Waals surface area contributed by atoms with Gasteiger partial charge >= 0.3 is 5.69 Å². The Morgan fingerprint density at radius 3 is 2.66 bits per heavy atom. The third kappa shape index (κ3) is 3.58. The molecule has 0 spiro atoms. The first-order valence-electron chi connectivity index (χ1n) is 9.11. The van der Waals surface area contributed by atoms with Crippen LogP contribution in [0.4, 0.5) is 11.5 Å². The van der Waals surface area contributed by atoms with Crippen LogP contribution in [-0.4, -0.2) is 20.7 Å². The maximum absolute atomic E-state index is 11.1. The van der Waals surface area contributed by atoms with Crippen LogP contribution in [0.25, 0.3) is 16.5 Å². The van der Waals surface area contributed by atoms with Gasteiger partial charge in [-0.2, -0.15) is 5.10 Å². The molecule has 4 rings (SSSR count). The fourth-order valence-electron chi connectivity index (χ4n) is 3.42. The number of nitro groups is 1. The highest BCUT2D eigenvalue weighted by Crippen LogP contribution is 2.24. The highest BCUT2D eigenvalue weighted by atomic mass is 16.6. The second kappa shape index (κ2) is 7.55. The molecule has 144 valence electrons. The van der Waals surface area contributed by atoms with Crippen LogP contribution in [0.15, 0.2) is 72.0 Å². The Balaban J connectivity index is 1.63. The summed E-state index contributed by atoms with van der Waals surface area (Å²) in [6.45, 7) is 4.06. The number of pyridine rings is 1. The predicted octanol–water partition coefficient (Wildman–Crippen LogP) is 5.00. The zero-order valence-corrected chi connectivity index (χ0v) is 16.0. The number of aromatic nitrogens is 2. The second-order valence-electron chi connectivity index (χ2n) is 6.69. The summed E-state index contributed by atoms with van der Waals surface area (Å²) in [7, 11) is 0. The van der Waals surface area contributed by atoms with Crippen LogP contribution in [0.3, 0.4) is 0 Å². The third-order valence-corrected chi connectivity index (χ3v) is 4.82. The van der Waals surface area contributed by atoms with Crippen LogP contribution in [0.2, 0.25) is 0 Å². The summed E-state index contributed by atoms with van der Waals surface area (Å²) in [4.78, 5) is 14.6. The van der Waals surface area contributed by atoms with Crippen molar-refractivity contribution in [3.63, 3.8) is 0 Å². The van der Waals surface area contributed by atoms with Gasteiger partial charge in [-0.15, -0.1) is 0 Å². The molecule has 29 heavy (non-hydrogen) atoms. The highest BCUT2D eigenvalue weighted by Gasteiger charge is 2.13. The maximum Gasteiger partial charge on any atom is 0.313 e. The normalized spacial score (nSPS) is 11.2. The van der Waals surface area contributed by atoms with Gasteiger partial charge in [-0.25, -0.2) is 4.98 Å². The minimum atomic E-state index is -0.490. The lowest BCUT2D eigenvalue weighted by atomic mass is 10.1. The maximum atomic E-state index is 11.1. The van der Waals surface area contributed by atoms with Crippen molar-refractivity contribution in [2.45, 2.75) is 13.8 Å². The molecule has 1 N–H and O–H groups in total. The van der Waals surface area contributed by atoms with E-state index in [1.165, 1.54) is 29.1 Å². The molecule has 0 atom stereocenters. The summed E-state index contributed by atoms with van der Waals surface area (Å²) in [6, 6.07) is 19.5. The number of hydrogen-bond acceptors (Lipinski definition) is 5. The molecule has 0 aliphatic carbocycles. The van der Waals surface area contributed by atoms with Gasteiger partial charge < -0.3 is 4.57 Å². The Kier molecular flexibility index (Phi) is 4.78. The molecule has 0 bridgehead atoms. The monoisotopic (exact) mass is 385 g/mol. The van der Waals surface area contributed by atoms with Crippen molar-refractivity contribution >= 4 is 28.5 Å². The average Bonchev–Trinajstić information content (AvgIpc) is 3.01. The molecule has 0 amide bonds. The number of anilines is 1. The number of aryl methyl sites for hydroxylation is 1. The standard InChI is InChI=1S/C22H19N5O2/c1-15-12-19(14-24-25-22-21(27(28)29)8-5-11-23-22)16(2)26(15)20-10-9-17-6-3-4-7-18(17)13-20/h3-14H,1-2H3,(H,23,25)/b24-14-. The first kappa shape index (κ1) is 18.4. The van der Waals surface area contributed by atoms with Crippen molar-refractivity contribution < 1.29 is 4.92 Å². The third-order valence-electron chi connectivity index (χ3n) is 4.82. The summed E-state index contributed by atoms with van der Waals surface area (Å²) in [5.41, 5.74) is 6.64. The number of benzene rings is 2. The summed E-state index contributed by atoms with van der Waals surface area (Å²) in [5, 5.41) is 17.6. The first-order valence-corrected chi connectivity index (χ1v) is 9.11. The largest absolute Gasteiger partial charge is 0.318 e. The minimum Gasteiger partial charge on any atom is -0.318 e. The summed E-state index contributed by atoms with van der Waals surface area (Å²) >= 11 is 0. The fourth-order valence-corrected chi connectivity index (χ4v) is 3.42. The van der Waals surface area contributed by atoms with Crippen molar-refractivity contribution in [2.75, 3.05) is 5.43 Å². The molecule has 7 nitrogen and oxygen atoms in total. The van der Waals surface area contributed by atoms with Crippen LogP contribution in [0.1, 0.15) is 17.0 Å². The fraction of sp³-hybridized carbons (Fsp3) is 0.0909. The molecular weight excluding hydrogens is 366 g/mol. The molecule has 0 unspecified atom stereocenters. The molecule has 0 aliphatic rings. The smallest absolute Gasteiger partial charge is 0.313 e. The zero-order chi connectivity index (χ0) is 20.4. The molecular formula is C22H19N5O2. The number of fused-ring (bicyclic) bond motifs is 1.